The Hall–Kier alpha value is -2.36. The molecule has 0 unspecified atom stereocenters. The van der Waals surface area contributed by atoms with Crippen LogP contribution in [0.15, 0.2) is 43.1 Å². The first kappa shape index (κ1) is 12.1. The van der Waals surface area contributed by atoms with Crippen molar-refractivity contribution >= 4 is 22.6 Å². The molecule has 0 saturated heterocycles. The molecule has 0 aliphatic heterocycles. The SMILES string of the molecule is C=CCCNc1ncc(C(=O)O)c2ccccc12. The molecular weight excluding hydrogens is 228 g/mol. The number of hydrogen-bond acceptors (Lipinski definition) is 3. The summed E-state index contributed by atoms with van der Waals surface area (Å²) in [5.74, 6) is -0.256. The smallest absolute Gasteiger partial charge is 0.337 e. The van der Waals surface area contributed by atoms with Crippen molar-refractivity contribution in [2.24, 2.45) is 0 Å². The molecule has 1 aromatic carbocycles. The molecule has 1 aromatic heterocycles. The second kappa shape index (κ2) is 5.31. The molecule has 0 spiro atoms. The van der Waals surface area contributed by atoms with E-state index in [2.05, 4.69) is 16.9 Å². The van der Waals surface area contributed by atoms with Gasteiger partial charge in [-0.3, -0.25) is 0 Å². The molecule has 1 heterocycles. The lowest BCUT2D eigenvalue weighted by atomic mass is 10.1. The zero-order valence-electron chi connectivity index (χ0n) is 9.89. The van der Waals surface area contributed by atoms with Crippen LogP contribution in [0, 0.1) is 0 Å². The second-order valence-electron chi connectivity index (χ2n) is 3.88. The molecule has 0 fully saturated rings. The molecule has 4 nitrogen and oxygen atoms in total. The number of aromatic carboxylic acids is 1. The van der Waals surface area contributed by atoms with E-state index in [1.165, 1.54) is 6.20 Å². The Morgan fingerprint density at radius 3 is 2.78 bits per heavy atom. The van der Waals surface area contributed by atoms with E-state index < -0.39 is 5.97 Å². The van der Waals surface area contributed by atoms with Gasteiger partial charge in [-0.15, -0.1) is 6.58 Å². The van der Waals surface area contributed by atoms with Crippen LogP contribution in [0.25, 0.3) is 10.8 Å². The molecule has 0 aliphatic rings. The van der Waals surface area contributed by atoms with Gasteiger partial charge in [0.1, 0.15) is 5.82 Å². The summed E-state index contributed by atoms with van der Waals surface area (Å²) >= 11 is 0. The minimum atomic E-state index is -0.962. The molecule has 0 atom stereocenters. The summed E-state index contributed by atoms with van der Waals surface area (Å²) in [6.07, 6.45) is 4.04. The number of hydrogen-bond donors (Lipinski definition) is 2. The number of carbonyl (C=O) groups is 1. The zero-order valence-corrected chi connectivity index (χ0v) is 9.89. The first-order chi connectivity index (χ1) is 8.74. The van der Waals surface area contributed by atoms with E-state index in [4.69, 9.17) is 5.11 Å². The van der Waals surface area contributed by atoms with Crippen LogP contribution in [0.1, 0.15) is 16.8 Å². The summed E-state index contributed by atoms with van der Waals surface area (Å²) in [5, 5.41) is 13.8. The van der Waals surface area contributed by atoms with E-state index in [0.29, 0.717) is 11.2 Å². The first-order valence-electron chi connectivity index (χ1n) is 5.70. The summed E-state index contributed by atoms with van der Waals surface area (Å²) in [4.78, 5) is 15.3. The third-order valence-corrected chi connectivity index (χ3v) is 2.67. The van der Waals surface area contributed by atoms with Gasteiger partial charge in [0, 0.05) is 23.5 Å². The molecule has 2 N–H and O–H groups in total. The summed E-state index contributed by atoms with van der Waals surface area (Å²) < 4.78 is 0. The maximum Gasteiger partial charge on any atom is 0.337 e. The normalized spacial score (nSPS) is 10.2. The molecule has 0 bridgehead atoms. The highest BCUT2D eigenvalue weighted by Crippen LogP contribution is 2.24. The number of carboxylic acids is 1. The number of nitrogens with one attached hydrogen (secondary N) is 1. The summed E-state index contributed by atoms with van der Waals surface area (Å²) in [6.45, 7) is 4.38. The van der Waals surface area contributed by atoms with Gasteiger partial charge in [0.15, 0.2) is 0 Å². The fourth-order valence-corrected chi connectivity index (χ4v) is 1.80. The van der Waals surface area contributed by atoms with E-state index >= 15 is 0 Å². The van der Waals surface area contributed by atoms with Crippen molar-refractivity contribution < 1.29 is 9.90 Å². The van der Waals surface area contributed by atoms with Crippen molar-refractivity contribution in [3.63, 3.8) is 0 Å². The third-order valence-electron chi connectivity index (χ3n) is 2.67. The van der Waals surface area contributed by atoms with Crippen LogP contribution in [-0.2, 0) is 0 Å². The average molecular weight is 242 g/mol. The minimum absolute atomic E-state index is 0.222. The van der Waals surface area contributed by atoms with Crippen LogP contribution in [0.4, 0.5) is 5.82 Å². The van der Waals surface area contributed by atoms with E-state index in [-0.39, 0.29) is 5.56 Å². The van der Waals surface area contributed by atoms with E-state index in [0.717, 1.165) is 18.4 Å². The van der Waals surface area contributed by atoms with Gasteiger partial charge in [0.25, 0.3) is 0 Å². The van der Waals surface area contributed by atoms with Gasteiger partial charge >= 0.3 is 5.97 Å². The number of carboxylic acid groups (broad SMARTS) is 1. The molecule has 4 heteroatoms. The van der Waals surface area contributed by atoms with Crippen LogP contribution < -0.4 is 5.32 Å². The first-order valence-corrected chi connectivity index (χ1v) is 5.70. The monoisotopic (exact) mass is 242 g/mol. The highest BCUT2D eigenvalue weighted by atomic mass is 16.4. The van der Waals surface area contributed by atoms with Crippen LogP contribution in [-0.4, -0.2) is 22.6 Å². The summed E-state index contributed by atoms with van der Waals surface area (Å²) in [6, 6.07) is 7.35. The van der Waals surface area contributed by atoms with Crippen molar-refractivity contribution in [3.05, 3.63) is 48.7 Å². The Bertz CT molecular complexity index is 593. The summed E-state index contributed by atoms with van der Waals surface area (Å²) in [5.41, 5.74) is 0.222. The van der Waals surface area contributed by atoms with Gasteiger partial charge in [-0.05, 0) is 6.42 Å². The Balaban J connectivity index is 2.47. The fourth-order valence-electron chi connectivity index (χ4n) is 1.80. The van der Waals surface area contributed by atoms with Gasteiger partial charge in [-0.1, -0.05) is 30.3 Å². The van der Waals surface area contributed by atoms with E-state index in [9.17, 15) is 4.79 Å². The lowest BCUT2D eigenvalue weighted by Gasteiger charge is -2.09. The van der Waals surface area contributed by atoms with Crippen molar-refractivity contribution in [2.45, 2.75) is 6.42 Å². The summed E-state index contributed by atoms with van der Waals surface area (Å²) in [7, 11) is 0. The van der Waals surface area contributed by atoms with Gasteiger partial charge in [0.05, 0.1) is 5.56 Å². The van der Waals surface area contributed by atoms with Crippen molar-refractivity contribution in [1.29, 1.82) is 0 Å². The van der Waals surface area contributed by atoms with E-state index in [1.807, 2.05) is 24.3 Å². The van der Waals surface area contributed by atoms with Crippen molar-refractivity contribution in [1.82, 2.24) is 4.98 Å². The van der Waals surface area contributed by atoms with Gasteiger partial charge in [-0.2, -0.15) is 0 Å². The maximum atomic E-state index is 11.1. The number of pyridine rings is 1. The predicted octanol–water partition coefficient (Wildman–Crippen LogP) is 2.92. The number of nitrogens with zero attached hydrogens (tertiary/aromatic N) is 1. The zero-order chi connectivity index (χ0) is 13.0. The van der Waals surface area contributed by atoms with Crippen LogP contribution >= 0.6 is 0 Å². The molecule has 2 aromatic rings. The Labute approximate surface area is 105 Å². The molecule has 92 valence electrons. The van der Waals surface area contributed by atoms with Crippen LogP contribution in [0.2, 0.25) is 0 Å². The van der Waals surface area contributed by atoms with Crippen LogP contribution in [0.5, 0.6) is 0 Å². The Morgan fingerprint density at radius 1 is 1.39 bits per heavy atom. The molecule has 0 radical (unpaired) electrons. The van der Waals surface area contributed by atoms with Gasteiger partial charge < -0.3 is 10.4 Å². The Morgan fingerprint density at radius 2 is 2.11 bits per heavy atom. The lowest BCUT2D eigenvalue weighted by molar-refractivity contribution is 0.0698. The Kier molecular flexibility index (Phi) is 3.57. The number of anilines is 1. The molecule has 0 saturated carbocycles. The number of aromatic nitrogens is 1. The van der Waals surface area contributed by atoms with E-state index in [1.54, 1.807) is 6.07 Å². The largest absolute Gasteiger partial charge is 0.478 e. The number of fused-ring (bicyclic) bond motifs is 1. The minimum Gasteiger partial charge on any atom is -0.478 e. The third kappa shape index (κ3) is 2.32. The quantitative estimate of drug-likeness (QED) is 0.625. The maximum absolute atomic E-state index is 11.1. The lowest BCUT2D eigenvalue weighted by Crippen LogP contribution is -2.05. The molecular formula is C14H14N2O2. The number of benzene rings is 1. The number of rotatable bonds is 5. The molecule has 18 heavy (non-hydrogen) atoms. The fraction of sp³-hybridized carbons (Fsp3) is 0.143. The molecule has 2 rings (SSSR count). The van der Waals surface area contributed by atoms with Gasteiger partial charge in [0.2, 0.25) is 0 Å². The van der Waals surface area contributed by atoms with Crippen molar-refractivity contribution in [2.75, 3.05) is 11.9 Å². The highest BCUT2D eigenvalue weighted by Gasteiger charge is 2.11. The van der Waals surface area contributed by atoms with Gasteiger partial charge in [-0.25, -0.2) is 9.78 Å². The van der Waals surface area contributed by atoms with Crippen molar-refractivity contribution in [3.8, 4) is 0 Å². The average Bonchev–Trinajstić information content (AvgIpc) is 2.38. The van der Waals surface area contributed by atoms with Crippen LogP contribution in [0.3, 0.4) is 0 Å². The highest BCUT2D eigenvalue weighted by molar-refractivity contribution is 6.06. The molecule has 0 aliphatic carbocycles. The predicted molar refractivity (Wildman–Crippen MR) is 72.0 cm³/mol. The second-order valence-corrected chi connectivity index (χ2v) is 3.88. The molecule has 0 amide bonds. The standard InChI is InChI=1S/C14H14N2O2/c1-2-3-8-15-13-11-7-5-4-6-10(11)12(9-16-13)14(17)18/h2,4-7,9H,1,3,8H2,(H,15,16)(H,17,18). The topological polar surface area (TPSA) is 62.2 Å².